The van der Waals surface area contributed by atoms with Gasteiger partial charge in [0, 0.05) is 25.3 Å². The number of hydrogen-bond acceptors (Lipinski definition) is 4. The second-order valence-electron chi connectivity index (χ2n) is 3.45. The molecule has 0 bridgehead atoms. The van der Waals surface area contributed by atoms with Gasteiger partial charge in [0.1, 0.15) is 0 Å². The fourth-order valence-corrected chi connectivity index (χ4v) is 1.04. The molecule has 0 unspecified atom stereocenters. The summed E-state index contributed by atoms with van der Waals surface area (Å²) in [5.41, 5.74) is 11.2. The molecule has 0 aliphatic rings. The van der Waals surface area contributed by atoms with Crippen molar-refractivity contribution in [2.75, 3.05) is 38.0 Å². The normalized spacial score (nSPS) is 7.29. The van der Waals surface area contributed by atoms with E-state index in [2.05, 4.69) is 36.6 Å². The molecule has 1 aromatic carbocycles. The van der Waals surface area contributed by atoms with Crippen LogP contribution in [0.5, 0.6) is 0 Å². The Labute approximate surface area is 134 Å². The number of hydrogen-bond donors (Lipinski definition) is 4. The summed E-state index contributed by atoms with van der Waals surface area (Å²) in [6.45, 7) is 10.5. The number of anilines is 1. The van der Waals surface area contributed by atoms with Crippen molar-refractivity contribution in [3.63, 3.8) is 0 Å². The van der Waals surface area contributed by atoms with Crippen LogP contribution >= 0.6 is 0 Å². The molecule has 0 aromatic heterocycles. The van der Waals surface area contributed by atoms with Crippen LogP contribution < -0.4 is 22.1 Å². The zero-order valence-electron chi connectivity index (χ0n) is 12.1. The Hall–Kier alpha value is -1.10. The molecule has 21 heavy (non-hydrogen) atoms. The van der Waals surface area contributed by atoms with Gasteiger partial charge in [-0.25, -0.2) is 0 Å². The van der Waals surface area contributed by atoms with Gasteiger partial charge in [0.25, 0.3) is 0 Å². The van der Waals surface area contributed by atoms with Crippen LogP contribution in [-0.2, 0) is 0 Å². The van der Waals surface area contributed by atoms with Gasteiger partial charge in [-0.1, -0.05) is 54.3 Å². The minimum atomic E-state index is 0. The third kappa shape index (κ3) is 32.4. The smallest absolute Gasteiger partial charge is 0.0340 e. The van der Waals surface area contributed by atoms with Crippen molar-refractivity contribution in [3.8, 4) is 0 Å². The minimum absolute atomic E-state index is 0. The van der Waals surface area contributed by atoms with E-state index in [0.717, 1.165) is 32.7 Å². The molecule has 0 saturated carbocycles. The maximum absolute atomic E-state index is 5.15. The van der Waals surface area contributed by atoms with Gasteiger partial charge in [0.05, 0.1) is 0 Å². The highest BCUT2D eigenvalue weighted by molar-refractivity contribution is 5.41. The van der Waals surface area contributed by atoms with Gasteiger partial charge in [0.15, 0.2) is 0 Å². The van der Waals surface area contributed by atoms with Crippen molar-refractivity contribution in [1.29, 1.82) is 0 Å². The van der Waals surface area contributed by atoms with Crippen LogP contribution in [-0.4, -0.2) is 32.7 Å². The predicted octanol–water partition coefficient (Wildman–Crippen LogP) is 3.55. The number of benzene rings is 1. The Morgan fingerprint density at radius 3 is 1.62 bits per heavy atom. The Morgan fingerprint density at radius 1 is 0.857 bits per heavy atom. The molecule has 6 N–H and O–H groups in total. The summed E-state index contributed by atoms with van der Waals surface area (Å²) in [7, 11) is 0. The van der Waals surface area contributed by atoms with Crippen molar-refractivity contribution in [1.82, 2.24) is 5.32 Å². The molecule has 0 aliphatic carbocycles. The van der Waals surface area contributed by atoms with Crippen LogP contribution in [0.4, 0.5) is 5.69 Å². The second-order valence-corrected chi connectivity index (χ2v) is 3.45. The van der Waals surface area contributed by atoms with E-state index in [1.807, 2.05) is 25.1 Å². The summed E-state index contributed by atoms with van der Waals surface area (Å²) in [5.74, 6) is 0. The predicted molar refractivity (Wildman–Crippen MR) is 103 cm³/mol. The number of likely N-dealkylation sites (N-methyl/N-ethyl adjacent to an activating group) is 1. The van der Waals surface area contributed by atoms with Crippen molar-refractivity contribution in [2.24, 2.45) is 11.5 Å². The standard InChI is InChI=1S/C8H11N.C4H12N2.C2H7N.3CH4/c1-2-9-8-6-4-3-5-7-8;1-2-6-4-3-5;1-2-3;;;/h3-7,9H,2H2,1H3;6H,2-5H2,1H3;2-3H2,1H3;3*1H4. The first-order chi connectivity index (χ1) is 8.76. The van der Waals surface area contributed by atoms with E-state index in [9.17, 15) is 0 Å². The molecule has 0 spiro atoms. The summed E-state index contributed by atoms with van der Waals surface area (Å²) in [4.78, 5) is 0. The van der Waals surface area contributed by atoms with Crippen LogP contribution in [0, 0.1) is 0 Å². The maximum Gasteiger partial charge on any atom is 0.0340 e. The first-order valence-electron chi connectivity index (χ1n) is 6.66. The van der Waals surface area contributed by atoms with Crippen LogP contribution in [0.1, 0.15) is 43.1 Å². The van der Waals surface area contributed by atoms with Crippen LogP contribution in [0.3, 0.4) is 0 Å². The van der Waals surface area contributed by atoms with Gasteiger partial charge in [-0.2, -0.15) is 0 Å². The van der Waals surface area contributed by atoms with Gasteiger partial charge in [0.2, 0.25) is 0 Å². The number of rotatable bonds is 5. The number of para-hydroxylation sites is 1. The van der Waals surface area contributed by atoms with E-state index in [4.69, 9.17) is 11.5 Å². The molecule has 130 valence electrons. The fraction of sp³-hybridized carbons (Fsp3) is 0.647. The van der Waals surface area contributed by atoms with Crippen molar-refractivity contribution < 1.29 is 0 Å². The third-order valence-corrected chi connectivity index (χ3v) is 1.73. The largest absolute Gasteiger partial charge is 0.385 e. The SMILES string of the molecule is C.C.C.CCN.CCNCCN.CCNc1ccccc1. The maximum atomic E-state index is 5.15. The summed E-state index contributed by atoms with van der Waals surface area (Å²) in [5, 5.41) is 6.28. The van der Waals surface area contributed by atoms with Crippen LogP contribution in [0.15, 0.2) is 30.3 Å². The lowest BCUT2D eigenvalue weighted by Crippen LogP contribution is -2.21. The summed E-state index contributed by atoms with van der Waals surface area (Å²) >= 11 is 0. The third-order valence-electron chi connectivity index (χ3n) is 1.73. The molecule has 1 rings (SSSR count). The first-order valence-corrected chi connectivity index (χ1v) is 6.66. The Balaban J connectivity index is -0.0000000637. The average molecular weight is 303 g/mol. The van der Waals surface area contributed by atoms with Gasteiger partial charge in [-0.05, 0) is 32.1 Å². The molecule has 0 heterocycles. The zero-order chi connectivity index (χ0) is 14.1. The number of nitrogens with two attached hydrogens (primary N) is 2. The zero-order valence-corrected chi connectivity index (χ0v) is 12.1. The van der Waals surface area contributed by atoms with E-state index in [-0.39, 0.29) is 22.3 Å². The quantitative estimate of drug-likeness (QED) is 0.627. The topological polar surface area (TPSA) is 76.1 Å². The highest BCUT2D eigenvalue weighted by Gasteiger charge is 1.81. The van der Waals surface area contributed by atoms with E-state index in [0.29, 0.717) is 0 Å². The van der Waals surface area contributed by atoms with Gasteiger partial charge in [-0.3, -0.25) is 0 Å². The summed E-state index contributed by atoms with van der Waals surface area (Å²) in [6.07, 6.45) is 0. The Bertz CT molecular complexity index is 223. The average Bonchev–Trinajstić information content (AvgIpc) is 2.40. The molecule has 1 aromatic rings. The van der Waals surface area contributed by atoms with Crippen molar-refractivity contribution >= 4 is 5.69 Å². The lowest BCUT2D eigenvalue weighted by Gasteiger charge is -1.99. The van der Waals surface area contributed by atoms with Gasteiger partial charge in [-0.15, -0.1) is 0 Å². The molecule has 0 saturated heterocycles. The summed E-state index contributed by atoms with van der Waals surface area (Å²) in [6, 6.07) is 10.2. The van der Waals surface area contributed by atoms with Crippen LogP contribution in [0.2, 0.25) is 0 Å². The monoisotopic (exact) mass is 302 g/mol. The lowest BCUT2D eigenvalue weighted by molar-refractivity contribution is 0.725. The van der Waals surface area contributed by atoms with E-state index < -0.39 is 0 Å². The van der Waals surface area contributed by atoms with Crippen molar-refractivity contribution in [3.05, 3.63) is 30.3 Å². The van der Waals surface area contributed by atoms with E-state index in [1.165, 1.54) is 5.69 Å². The minimum Gasteiger partial charge on any atom is -0.385 e. The molecule has 0 amide bonds. The number of nitrogens with one attached hydrogen (secondary N) is 2. The lowest BCUT2D eigenvalue weighted by atomic mass is 10.3. The van der Waals surface area contributed by atoms with Gasteiger partial charge >= 0.3 is 0 Å². The molecule has 0 atom stereocenters. The molecular formula is C17H42N4. The molecule has 4 heteroatoms. The Morgan fingerprint density at radius 2 is 1.33 bits per heavy atom. The first kappa shape index (κ1) is 32.0. The van der Waals surface area contributed by atoms with Crippen LogP contribution in [0.25, 0.3) is 0 Å². The molecule has 0 radical (unpaired) electrons. The summed E-state index contributed by atoms with van der Waals surface area (Å²) < 4.78 is 0. The second kappa shape index (κ2) is 31.3. The highest BCUT2D eigenvalue weighted by Crippen LogP contribution is 2.02. The highest BCUT2D eigenvalue weighted by atomic mass is 14.9. The molecule has 0 aliphatic heterocycles. The van der Waals surface area contributed by atoms with Crippen molar-refractivity contribution in [2.45, 2.75) is 43.1 Å². The molecular weight excluding hydrogens is 260 g/mol. The molecule has 0 fully saturated rings. The van der Waals surface area contributed by atoms with Gasteiger partial charge < -0.3 is 22.1 Å². The van der Waals surface area contributed by atoms with E-state index >= 15 is 0 Å². The fourth-order valence-electron chi connectivity index (χ4n) is 1.04. The molecule has 4 nitrogen and oxygen atoms in total. The Kier molecular flexibility index (Phi) is 47.8. The van der Waals surface area contributed by atoms with E-state index in [1.54, 1.807) is 0 Å².